The first-order valence-corrected chi connectivity index (χ1v) is 6.69. The lowest BCUT2D eigenvalue weighted by Crippen LogP contribution is -2.37. The first kappa shape index (κ1) is 18.2. The van der Waals surface area contributed by atoms with Crippen LogP contribution in [0.25, 0.3) is 0 Å². The maximum absolute atomic E-state index is 11.7. The quantitative estimate of drug-likeness (QED) is 0.690. The van der Waals surface area contributed by atoms with Crippen LogP contribution in [-0.2, 0) is 14.3 Å². The van der Waals surface area contributed by atoms with Crippen LogP contribution in [0.4, 0.5) is 0 Å². The first-order valence-electron chi connectivity index (χ1n) is 6.69. The third kappa shape index (κ3) is 4.33. The third-order valence-corrected chi connectivity index (χ3v) is 3.36. The Morgan fingerprint density at radius 3 is 2.18 bits per heavy atom. The normalized spacial score (nSPS) is 12.5. The molecule has 0 aliphatic heterocycles. The summed E-state index contributed by atoms with van der Waals surface area (Å²) in [5.74, 6) is 0.0556. The van der Waals surface area contributed by atoms with E-state index >= 15 is 0 Å². The van der Waals surface area contributed by atoms with Gasteiger partial charge < -0.3 is 24.1 Å². The minimum atomic E-state index is -0.972. The molecule has 1 rings (SSSR count). The largest absolute Gasteiger partial charge is 0.493 e. The van der Waals surface area contributed by atoms with Crippen LogP contribution in [0.3, 0.4) is 0 Å². The standard InChI is InChI=1S/C15H23NO6/c1-16(9-13(21-4)22-5)14(15(17)18)10-6-7-11(19-2)12(8-10)20-3/h6-8,13-14H,9H2,1-5H3,(H,17,18). The van der Waals surface area contributed by atoms with Gasteiger partial charge in [-0.25, -0.2) is 0 Å². The van der Waals surface area contributed by atoms with Gasteiger partial charge in [0.05, 0.1) is 20.8 Å². The maximum atomic E-state index is 11.7. The molecular weight excluding hydrogens is 290 g/mol. The number of ether oxygens (including phenoxy) is 4. The third-order valence-electron chi connectivity index (χ3n) is 3.36. The predicted octanol–water partition coefficient (Wildman–Crippen LogP) is 1.38. The highest BCUT2D eigenvalue weighted by molar-refractivity contribution is 5.76. The molecule has 7 heteroatoms. The monoisotopic (exact) mass is 313 g/mol. The summed E-state index contributed by atoms with van der Waals surface area (Å²) < 4.78 is 20.6. The Morgan fingerprint density at radius 2 is 1.73 bits per heavy atom. The molecule has 0 aliphatic carbocycles. The van der Waals surface area contributed by atoms with Gasteiger partial charge in [0.2, 0.25) is 0 Å². The van der Waals surface area contributed by atoms with Crippen molar-refractivity contribution in [3.63, 3.8) is 0 Å². The zero-order valence-electron chi connectivity index (χ0n) is 13.5. The summed E-state index contributed by atoms with van der Waals surface area (Å²) in [5, 5.41) is 9.55. The van der Waals surface area contributed by atoms with Gasteiger partial charge in [-0.05, 0) is 24.7 Å². The second-order valence-electron chi connectivity index (χ2n) is 4.70. The summed E-state index contributed by atoms with van der Waals surface area (Å²) in [5.41, 5.74) is 0.582. The van der Waals surface area contributed by atoms with Crippen LogP contribution in [0, 0.1) is 0 Å². The highest BCUT2D eigenvalue weighted by Crippen LogP contribution is 2.31. The molecule has 0 amide bonds. The zero-order valence-corrected chi connectivity index (χ0v) is 13.5. The predicted molar refractivity (Wildman–Crippen MR) is 80.4 cm³/mol. The summed E-state index contributed by atoms with van der Waals surface area (Å²) in [7, 11) is 7.75. The molecule has 1 aromatic carbocycles. The average Bonchev–Trinajstić information content (AvgIpc) is 2.52. The SMILES string of the molecule is COc1ccc(C(C(=O)O)N(C)CC(OC)OC)cc1OC. The molecule has 1 aromatic rings. The first-order chi connectivity index (χ1) is 10.5. The van der Waals surface area contributed by atoms with Crippen LogP contribution in [0.5, 0.6) is 11.5 Å². The summed E-state index contributed by atoms with van der Waals surface area (Å²) in [6.45, 7) is 0.304. The van der Waals surface area contributed by atoms with Gasteiger partial charge >= 0.3 is 5.97 Å². The van der Waals surface area contributed by atoms with Crippen LogP contribution in [0.15, 0.2) is 18.2 Å². The van der Waals surface area contributed by atoms with E-state index in [0.29, 0.717) is 23.6 Å². The van der Waals surface area contributed by atoms with Gasteiger partial charge in [-0.1, -0.05) is 6.07 Å². The van der Waals surface area contributed by atoms with Crippen molar-refractivity contribution in [3.8, 4) is 11.5 Å². The average molecular weight is 313 g/mol. The van der Waals surface area contributed by atoms with Crippen molar-refractivity contribution in [1.29, 1.82) is 0 Å². The van der Waals surface area contributed by atoms with E-state index in [1.54, 1.807) is 30.1 Å². The Labute approximate surface area is 130 Å². The molecule has 1 unspecified atom stereocenters. The van der Waals surface area contributed by atoms with Gasteiger partial charge in [0.15, 0.2) is 17.8 Å². The van der Waals surface area contributed by atoms with Gasteiger partial charge in [-0.15, -0.1) is 0 Å². The number of hydrogen-bond acceptors (Lipinski definition) is 6. The molecule has 22 heavy (non-hydrogen) atoms. The van der Waals surface area contributed by atoms with E-state index < -0.39 is 18.3 Å². The van der Waals surface area contributed by atoms with Crippen molar-refractivity contribution < 1.29 is 28.8 Å². The molecule has 0 radical (unpaired) electrons. The van der Waals surface area contributed by atoms with Crippen LogP contribution in [-0.4, -0.2) is 64.3 Å². The smallest absolute Gasteiger partial charge is 0.325 e. The molecule has 0 saturated heterocycles. The second-order valence-corrected chi connectivity index (χ2v) is 4.70. The Balaban J connectivity index is 3.07. The lowest BCUT2D eigenvalue weighted by Gasteiger charge is -2.28. The highest BCUT2D eigenvalue weighted by atomic mass is 16.7. The molecule has 1 N–H and O–H groups in total. The van der Waals surface area contributed by atoms with Crippen molar-refractivity contribution in [2.24, 2.45) is 0 Å². The Morgan fingerprint density at radius 1 is 1.14 bits per heavy atom. The van der Waals surface area contributed by atoms with E-state index in [1.807, 2.05) is 0 Å². The number of methoxy groups -OCH3 is 4. The molecular formula is C15H23NO6. The summed E-state index contributed by atoms with van der Waals surface area (Å²) in [6.07, 6.45) is -0.507. The molecule has 7 nitrogen and oxygen atoms in total. The number of likely N-dealkylation sites (N-methyl/N-ethyl adjacent to an activating group) is 1. The van der Waals surface area contributed by atoms with Gasteiger partial charge in [0.1, 0.15) is 6.04 Å². The van der Waals surface area contributed by atoms with E-state index in [9.17, 15) is 9.90 Å². The van der Waals surface area contributed by atoms with Gasteiger partial charge in [-0.2, -0.15) is 0 Å². The van der Waals surface area contributed by atoms with Crippen molar-refractivity contribution in [3.05, 3.63) is 23.8 Å². The molecule has 0 aromatic heterocycles. The topological polar surface area (TPSA) is 77.5 Å². The molecule has 0 heterocycles. The fraction of sp³-hybridized carbons (Fsp3) is 0.533. The van der Waals surface area contributed by atoms with Gasteiger partial charge in [-0.3, -0.25) is 9.69 Å². The molecule has 0 saturated carbocycles. The van der Waals surface area contributed by atoms with E-state index in [-0.39, 0.29) is 0 Å². The van der Waals surface area contributed by atoms with E-state index in [4.69, 9.17) is 18.9 Å². The number of benzene rings is 1. The second kappa shape index (κ2) is 8.57. The zero-order chi connectivity index (χ0) is 16.7. The molecule has 0 fully saturated rings. The number of nitrogens with zero attached hydrogens (tertiary/aromatic N) is 1. The lowest BCUT2D eigenvalue weighted by atomic mass is 10.0. The number of carboxylic acids is 1. The van der Waals surface area contributed by atoms with Crippen LogP contribution in [0.2, 0.25) is 0 Å². The summed E-state index contributed by atoms with van der Waals surface area (Å²) in [4.78, 5) is 13.3. The number of rotatable bonds is 9. The van der Waals surface area contributed by atoms with Gasteiger partial charge in [0.25, 0.3) is 0 Å². The Bertz CT molecular complexity index is 489. The van der Waals surface area contributed by atoms with E-state index in [2.05, 4.69) is 0 Å². The summed E-state index contributed by atoms with van der Waals surface area (Å²) >= 11 is 0. The van der Waals surface area contributed by atoms with Crippen molar-refractivity contribution in [1.82, 2.24) is 4.90 Å². The fourth-order valence-electron chi connectivity index (χ4n) is 2.19. The number of carboxylic acid groups (broad SMARTS) is 1. The molecule has 0 bridgehead atoms. The lowest BCUT2D eigenvalue weighted by molar-refractivity contribution is -0.148. The van der Waals surface area contributed by atoms with Crippen LogP contribution in [0.1, 0.15) is 11.6 Å². The minimum absolute atomic E-state index is 0.304. The number of hydrogen-bond donors (Lipinski definition) is 1. The number of carbonyl (C=O) groups is 1. The van der Waals surface area contributed by atoms with Crippen molar-refractivity contribution >= 4 is 5.97 Å². The highest BCUT2D eigenvalue weighted by Gasteiger charge is 2.27. The van der Waals surface area contributed by atoms with E-state index in [1.165, 1.54) is 28.4 Å². The Hall–Kier alpha value is -1.83. The van der Waals surface area contributed by atoms with E-state index in [0.717, 1.165) is 0 Å². The molecule has 0 spiro atoms. The van der Waals surface area contributed by atoms with Gasteiger partial charge in [0, 0.05) is 14.2 Å². The fourth-order valence-corrected chi connectivity index (χ4v) is 2.19. The maximum Gasteiger partial charge on any atom is 0.325 e. The van der Waals surface area contributed by atoms with Crippen LogP contribution >= 0.6 is 0 Å². The molecule has 124 valence electrons. The molecule has 1 atom stereocenters. The minimum Gasteiger partial charge on any atom is -0.493 e. The van der Waals surface area contributed by atoms with Crippen LogP contribution < -0.4 is 9.47 Å². The van der Waals surface area contributed by atoms with Crippen molar-refractivity contribution in [2.75, 3.05) is 42.0 Å². The summed E-state index contributed by atoms with van der Waals surface area (Å²) in [6, 6.07) is 4.18. The Kier molecular flexibility index (Phi) is 7.10. The molecule has 0 aliphatic rings. The number of aliphatic carboxylic acids is 1. The van der Waals surface area contributed by atoms with Crippen molar-refractivity contribution in [2.45, 2.75) is 12.3 Å².